The van der Waals surface area contributed by atoms with E-state index in [2.05, 4.69) is 26.1 Å². The molecule has 0 radical (unpaired) electrons. The summed E-state index contributed by atoms with van der Waals surface area (Å²) in [5.74, 6) is 0. The zero-order valence-electron chi connectivity index (χ0n) is 12.1. The summed E-state index contributed by atoms with van der Waals surface area (Å²) in [4.78, 5) is 0. The second-order valence-electron chi connectivity index (χ2n) is 6.73. The normalized spacial score (nSPS) is 18.4. The molecule has 3 N–H and O–H groups in total. The van der Waals surface area contributed by atoms with Gasteiger partial charge < -0.3 is 11.1 Å². The van der Waals surface area contributed by atoms with E-state index in [9.17, 15) is 0 Å². The van der Waals surface area contributed by atoms with Crippen LogP contribution >= 0.6 is 0 Å². The first kappa shape index (κ1) is 15.0. The molecule has 0 aromatic heterocycles. The molecule has 0 heterocycles. The second kappa shape index (κ2) is 6.75. The summed E-state index contributed by atoms with van der Waals surface area (Å²) in [6.07, 6.45) is 9.38. The van der Waals surface area contributed by atoms with Crippen LogP contribution in [0, 0.1) is 10.8 Å². The number of hydrogen-bond acceptors (Lipinski definition) is 2. The van der Waals surface area contributed by atoms with Crippen LogP contribution in [0.5, 0.6) is 0 Å². The van der Waals surface area contributed by atoms with Crippen molar-refractivity contribution in [2.45, 2.75) is 65.7 Å². The molecule has 1 fully saturated rings. The lowest BCUT2D eigenvalue weighted by Crippen LogP contribution is -2.26. The SMILES string of the molecule is CCCC1(CNCCCC(C)(C)CCN)CC1. The first-order chi connectivity index (χ1) is 8.04. The maximum Gasteiger partial charge on any atom is 0.000781 e. The van der Waals surface area contributed by atoms with E-state index in [1.165, 1.54) is 51.6 Å². The van der Waals surface area contributed by atoms with Crippen LogP contribution in [0.1, 0.15) is 65.7 Å². The maximum absolute atomic E-state index is 5.63. The van der Waals surface area contributed by atoms with Crippen LogP contribution in [-0.2, 0) is 0 Å². The number of nitrogens with one attached hydrogen (secondary N) is 1. The highest BCUT2D eigenvalue weighted by molar-refractivity contribution is 4.94. The van der Waals surface area contributed by atoms with Gasteiger partial charge in [-0.3, -0.25) is 0 Å². The lowest BCUT2D eigenvalue weighted by Gasteiger charge is -2.24. The molecule has 0 aliphatic heterocycles. The minimum Gasteiger partial charge on any atom is -0.330 e. The van der Waals surface area contributed by atoms with Gasteiger partial charge in [0.05, 0.1) is 0 Å². The largest absolute Gasteiger partial charge is 0.330 e. The van der Waals surface area contributed by atoms with E-state index < -0.39 is 0 Å². The van der Waals surface area contributed by atoms with E-state index in [4.69, 9.17) is 5.73 Å². The quantitative estimate of drug-likeness (QED) is 0.575. The lowest BCUT2D eigenvalue weighted by molar-refractivity contribution is 0.299. The van der Waals surface area contributed by atoms with Gasteiger partial charge in [0.15, 0.2) is 0 Å². The van der Waals surface area contributed by atoms with E-state index in [1.54, 1.807) is 0 Å². The molecule has 1 rings (SSSR count). The Kier molecular flexibility index (Phi) is 5.94. The van der Waals surface area contributed by atoms with Crippen molar-refractivity contribution in [1.29, 1.82) is 0 Å². The smallest absolute Gasteiger partial charge is 0.000781 e. The molecule has 1 saturated carbocycles. The Balaban J connectivity index is 2.01. The maximum atomic E-state index is 5.63. The topological polar surface area (TPSA) is 38.0 Å². The molecule has 0 atom stereocenters. The molecule has 0 unspecified atom stereocenters. The van der Waals surface area contributed by atoms with E-state index >= 15 is 0 Å². The fraction of sp³-hybridized carbons (Fsp3) is 1.00. The second-order valence-corrected chi connectivity index (χ2v) is 6.73. The van der Waals surface area contributed by atoms with Gasteiger partial charge in [0.1, 0.15) is 0 Å². The van der Waals surface area contributed by atoms with Crippen LogP contribution in [0.2, 0.25) is 0 Å². The van der Waals surface area contributed by atoms with Gasteiger partial charge in [-0.25, -0.2) is 0 Å². The van der Waals surface area contributed by atoms with Crippen molar-refractivity contribution < 1.29 is 0 Å². The molecular weight excluding hydrogens is 208 g/mol. The molecule has 2 heteroatoms. The predicted molar refractivity (Wildman–Crippen MR) is 76.1 cm³/mol. The minimum absolute atomic E-state index is 0.428. The van der Waals surface area contributed by atoms with Crippen molar-refractivity contribution in [3.63, 3.8) is 0 Å². The summed E-state index contributed by atoms with van der Waals surface area (Å²) < 4.78 is 0. The van der Waals surface area contributed by atoms with Crippen molar-refractivity contribution in [3.8, 4) is 0 Å². The summed E-state index contributed by atoms with van der Waals surface area (Å²) in [6, 6.07) is 0. The van der Waals surface area contributed by atoms with Crippen LogP contribution in [0.25, 0.3) is 0 Å². The first-order valence-electron chi connectivity index (χ1n) is 7.44. The van der Waals surface area contributed by atoms with Crippen molar-refractivity contribution >= 4 is 0 Å². The molecule has 1 aliphatic rings. The zero-order valence-corrected chi connectivity index (χ0v) is 12.1. The Bertz CT molecular complexity index is 197. The van der Waals surface area contributed by atoms with Gasteiger partial charge in [-0.05, 0) is 62.4 Å². The van der Waals surface area contributed by atoms with Crippen LogP contribution < -0.4 is 11.1 Å². The molecule has 0 amide bonds. The summed E-state index contributed by atoms with van der Waals surface area (Å²) in [5.41, 5.74) is 6.75. The van der Waals surface area contributed by atoms with E-state index in [1.807, 2.05) is 0 Å². The lowest BCUT2D eigenvalue weighted by atomic mass is 9.84. The fourth-order valence-electron chi connectivity index (χ4n) is 2.78. The standard InChI is InChI=1S/C15H32N2/c1-4-6-15(8-9-15)13-17-12-5-7-14(2,3)10-11-16/h17H,4-13,16H2,1-3H3. The number of hydrogen-bond donors (Lipinski definition) is 2. The van der Waals surface area contributed by atoms with Crippen LogP contribution in [-0.4, -0.2) is 19.6 Å². The predicted octanol–water partition coefficient (Wildman–Crippen LogP) is 3.31. The van der Waals surface area contributed by atoms with Gasteiger partial charge >= 0.3 is 0 Å². The zero-order chi connectivity index (χ0) is 12.8. The number of nitrogens with two attached hydrogens (primary N) is 1. The van der Waals surface area contributed by atoms with Gasteiger partial charge in [0.25, 0.3) is 0 Å². The van der Waals surface area contributed by atoms with Crippen molar-refractivity contribution in [3.05, 3.63) is 0 Å². The highest BCUT2D eigenvalue weighted by atomic mass is 14.9. The van der Waals surface area contributed by atoms with Gasteiger partial charge in [-0.2, -0.15) is 0 Å². The van der Waals surface area contributed by atoms with Gasteiger partial charge in [0, 0.05) is 6.54 Å². The summed E-state index contributed by atoms with van der Waals surface area (Å²) in [5, 5.41) is 3.66. The molecule has 2 nitrogen and oxygen atoms in total. The van der Waals surface area contributed by atoms with Crippen molar-refractivity contribution in [1.82, 2.24) is 5.32 Å². The molecule has 1 aliphatic carbocycles. The van der Waals surface area contributed by atoms with Crippen LogP contribution in [0.15, 0.2) is 0 Å². The van der Waals surface area contributed by atoms with Crippen LogP contribution in [0.4, 0.5) is 0 Å². The molecule has 17 heavy (non-hydrogen) atoms. The molecule has 0 saturated heterocycles. The highest BCUT2D eigenvalue weighted by Crippen LogP contribution is 2.48. The number of rotatable bonds is 10. The summed E-state index contributed by atoms with van der Waals surface area (Å²) >= 11 is 0. The third kappa shape index (κ3) is 5.87. The molecule has 0 bridgehead atoms. The van der Waals surface area contributed by atoms with Gasteiger partial charge in [-0.1, -0.05) is 27.2 Å². The molecule has 102 valence electrons. The first-order valence-corrected chi connectivity index (χ1v) is 7.44. The molecular formula is C15H32N2. The van der Waals surface area contributed by atoms with E-state index in [0.29, 0.717) is 10.8 Å². The average Bonchev–Trinajstić information content (AvgIpc) is 2.98. The Labute approximate surface area is 108 Å². The van der Waals surface area contributed by atoms with E-state index in [-0.39, 0.29) is 0 Å². The summed E-state index contributed by atoms with van der Waals surface area (Å²) in [6.45, 7) is 10.2. The molecule has 0 aromatic carbocycles. The third-order valence-electron chi connectivity index (χ3n) is 4.27. The highest BCUT2D eigenvalue weighted by Gasteiger charge is 2.40. The van der Waals surface area contributed by atoms with Crippen LogP contribution in [0.3, 0.4) is 0 Å². The molecule has 0 spiro atoms. The monoisotopic (exact) mass is 240 g/mol. The Hall–Kier alpha value is -0.0800. The third-order valence-corrected chi connectivity index (χ3v) is 4.27. The van der Waals surface area contributed by atoms with Gasteiger partial charge in [-0.15, -0.1) is 0 Å². The van der Waals surface area contributed by atoms with E-state index in [0.717, 1.165) is 13.0 Å². The average molecular weight is 240 g/mol. The fourth-order valence-corrected chi connectivity index (χ4v) is 2.78. The Morgan fingerprint density at radius 2 is 1.94 bits per heavy atom. The van der Waals surface area contributed by atoms with Crippen molar-refractivity contribution in [2.24, 2.45) is 16.6 Å². The molecule has 0 aromatic rings. The Morgan fingerprint density at radius 1 is 1.24 bits per heavy atom. The minimum atomic E-state index is 0.428. The van der Waals surface area contributed by atoms with Crippen molar-refractivity contribution in [2.75, 3.05) is 19.6 Å². The van der Waals surface area contributed by atoms with Gasteiger partial charge in [0.2, 0.25) is 0 Å². The summed E-state index contributed by atoms with van der Waals surface area (Å²) in [7, 11) is 0. The Morgan fingerprint density at radius 3 is 2.47 bits per heavy atom.